The van der Waals surface area contributed by atoms with Gasteiger partial charge in [0.25, 0.3) is 0 Å². The summed E-state index contributed by atoms with van der Waals surface area (Å²) in [6.07, 6.45) is 4.64. The van der Waals surface area contributed by atoms with E-state index in [1.165, 1.54) is 0 Å². The molecule has 1 aromatic heterocycles. The normalized spacial score (nSPS) is 11.5. The van der Waals surface area contributed by atoms with E-state index in [0.717, 1.165) is 47.9 Å². The number of aromatic nitrogens is 2. The third kappa shape index (κ3) is 5.05. The number of nitrogens with zero attached hydrogens (tertiary/aromatic N) is 3. The Morgan fingerprint density at radius 3 is 3.06 bits per heavy atom. The van der Waals surface area contributed by atoms with Crippen molar-refractivity contribution in [2.75, 3.05) is 5.75 Å². The van der Waals surface area contributed by atoms with E-state index in [1.54, 1.807) is 6.33 Å². The second-order valence-electron chi connectivity index (χ2n) is 3.75. The molecule has 0 spiro atoms. The van der Waals surface area contributed by atoms with Crippen LogP contribution in [0.4, 0.5) is 0 Å². The molecule has 0 aliphatic rings. The average molecular weight is 250 g/mol. The van der Waals surface area contributed by atoms with Gasteiger partial charge >= 0.3 is 0 Å². The second-order valence-corrected chi connectivity index (χ2v) is 4.86. The van der Waals surface area contributed by atoms with Gasteiger partial charge in [-0.2, -0.15) is 18.3 Å². The topological polar surface area (TPSA) is 45.4 Å². The van der Waals surface area contributed by atoms with Gasteiger partial charge in [0.05, 0.1) is 17.1 Å². The maximum Gasteiger partial charge on any atom is 0.100 e. The molecule has 1 N–H and O–H groups in total. The fraction of sp³-hybridized carbons (Fsp3) is 0.583. The molecule has 0 atom stereocenters. The Labute approximate surface area is 107 Å². The van der Waals surface area contributed by atoms with Crippen LogP contribution in [0.25, 0.3) is 4.95 Å². The highest BCUT2D eigenvalue weighted by Crippen LogP contribution is 2.14. The summed E-state index contributed by atoms with van der Waals surface area (Å²) in [6, 6.07) is 0. The lowest BCUT2D eigenvalue weighted by Crippen LogP contribution is -1.96. The Kier molecular flexibility index (Phi) is 6.41. The summed E-state index contributed by atoms with van der Waals surface area (Å²) < 4.78 is 0. The first kappa shape index (κ1) is 13.8. The van der Waals surface area contributed by atoms with E-state index in [2.05, 4.69) is 20.0 Å². The number of hydrogen-bond donors (Lipinski definition) is 1. The van der Waals surface area contributed by atoms with Crippen LogP contribution in [0.2, 0.25) is 0 Å². The van der Waals surface area contributed by atoms with E-state index in [1.807, 2.05) is 25.6 Å². The summed E-state index contributed by atoms with van der Waals surface area (Å²) in [4.78, 5) is 10.4. The number of thioether (sulfide) groups is 1. The molecule has 1 rings (SSSR count). The number of hydrogen-bond acceptors (Lipinski definition) is 3. The highest BCUT2D eigenvalue weighted by molar-refractivity contribution is 7.98. The van der Waals surface area contributed by atoms with Crippen LogP contribution in [-0.2, 0) is 5.75 Å². The lowest BCUT2D eigenvalue weighted by molar-refractivity contribution is 0.975. The van der Waals surface area contributed by atoms with Crippen molar-refractivity contribution >= 4 is 17.5 Å². The van der Waals surface area contributed by atoms with Crippen LogP contribution in [0.15, 0.2) is 11.4 Å². The number of aromatic amines is 1. The van der Waals surface area contributed by atoms with Crippen molar-refractivity contribution < 1.29 is 0 Å². The first-order valence-corrected chi connectivity index (χ1v) is 6.92. The van der Waals surface area contributed by atoms with Crippen LogP contribution >= 0.6 is 11.8 Å². The molecule has 1 aromatic rings. The smallest absolute Gasteiger partial charge is 0.100 e. The number of aryl methyl sites for hydroxylation is 1. The Hall–Kier alpha value is -1.28. The molecule has 0 aliphatic carbocycles. The molecule has 5 heteroatoms. The lowest BCUT2D eigenvalue weighted by atomic mass is 10.2. The van der Waals surface area contributed by atoms with Crippen LogP contribution in [0.3, 0.4) is 0 Å². The maximum absolute atomic E-state index is 6.69. The summed E-state index contributed by atoms with van der Waals surface area (Å²) in [5.74, 6) is 2.04. The van der Waals surface area contributed by atoms with Gasteiger partial charge < -0.3 is 4.98 Å². The van der Waals surface area contributed by atoms with Gasteiger partial charge in [-0.05, 0) is 31.9 Å². The summed E-state index contributed by atoms with van der Waals surface area (Å²) in [5.41, 5.74) is 3.30. The van der Waals surface area contributed by atoms with E-state index in [9.17, 15) is 0 Å². The minimum Gasteiger partial charge on any atom is -0.348 e. The minimum absolute atomic E-state index is 0.880. The summed E-state index contributed by atoms with van der Waals surface area (Å²) in [7, 11) is 0. The molecule has 0 unspecified atom stereocenters. The molecule has 0 radical (unpaired) electrons. The van der Waals surface area contributed by atoms with E-state index in [-0.39, 0.29) is 0 Å². The molecule has 17 heavy (non-hydrogen) atoms. The predicted octanol–water partition coefficient (Wildman–Crippen LogP) is 3.42. The van der Waals surface area contributed by atoms with Crippen molar-refractivity contribution in [3.05, 3.63) is 29.2 Å². The minimum atomic E-state index is 0.880. The molecule has 0 saturated heterocycles. The van der Waals surface area contributed by atoms with E-state index in [0.29, 0.717) is 0 Å². The number of H-pyrrole nitrogens is 1. The van der Waals surface area contributed by atoms with Gasteiger partial charge in [-0.3, -0.25) is 0 Å². The molecule has 4 nitrogen and oxygen atoms in total. The van der Waals surface area contributed by atoms with Crippen LogP contribution in [0.5, 0.6) is 0 Å². The fourth-order valence-corrected chi connectivity index (χ4v) is 2.43. The van der Waals surface area contributed by atoms with E-state index >= 15 is 0 Å². The molecular weight excluding hydrogens is 232 g/mol. The fourth-order valence-electron chi connectivity index (χ4n) is 1.45. The van der Waals surface area contributed by atoms with Gasteiger partial charge in [0.15, 0.2) is 0 Å². The summed E-state index contributed by atoms with van der Waals surface area (Å²) >= 11 is 1.88. The largest absolute Gasteiger partial charge is 0.348 e. The highest BCUT2D eigenvalue weighted by Gasteiger charge is 2.02. The van der Waals surface area contributed by atoms with Gasteiger partial charge in [0.1, 0.15) is 5.71 Å². The zero-order chi connectivity index (χ0) is 12.5. The molecule has 0 aromatic carbocycles. The average Bonchev–Trinajstić information content (AvgIpc) is 2.73. The van der Waals surface area contributed by atoms with Crippen molar-refractivity contribution in [1.29, 1.82) is 0 Å². The van der Waals surface area contributed by atoms with E-state index < -0.39 is 0 Å². The molecule has 0 amide bonds. The molecule has 1 heterocycles. The Morgan fingerprint density at radius 1 is 1.65 bits per heavy atom. The van der Waals surface area contributed by atoms with Crippen LogP contribution in [0, 0.1) is 13.5 Å². The van der Waals surface area contributed by atoms with E-state index in [4.69, 9.17) is 6.57 Å². The van der Waals surface area contributed by atoms with Gasteiger partial charge in [0.2, 0.25) is 0 Å². The Morgan fingerprint density at radius 2 is 2.47 bits per heavy atom. The first-order chi connectivity index (χ1) is 8.27. The highest BCUT2D eigenvalue weighted by atomic mass is 32.2. The molecule has 92 valence electrons. The molecule has 0 fully saturated rings. The standard InChI is InChI=1S/C12H18N4S/c1-4-11(16-13-3)6-5-7-17-8-12-10(2)14-9-15-12/h9H,4-8H2,1-2H3,(H,14,15)/b16-11+. The van der Waals surface area contributed by atoms with Crippen LogP contribution in [-0.4, -0.2) is 21.4 Å². The number of rotatable bonds is 7. The maximum atomic E-state index is 6.69. The summed E-state index contributed by atoms with van der Waals surface area (Å²) in [5, 5.41) is 3.79. The third-order valence-corrected chi connectivity index (χ3v) is 3.58. The van der Waals surface area contributed by atoms with Crippen molar-refractivity contribution in [1.82, 2.24) is 9.97 Å². The zero-order valence-electron chi connectivity index (χ0n) is 10.4. The van der Waals surface area contributed by atoms with Gasteiger partial charge in [-0.15, -0.1) is 4.95 Å². The van der Waals surface area contributed by atoms with Gasteiger partial charge in [0, 0.05) is 11.4 Å². The Bertz CT molecular complexity index is 403. The van der Waals surface area contributed by atoms with Gasteiger partial charge in [-0.1, -0.05) is 6.92 Å². The molecule has 0 bridgehead atoms. The van der Waals surface area contributed by atoms with Crippen LogP contribution in [0.1, 0.15) is 37.6 Å². The molecule has 0 aliphatic heterocycles. The first-order valence-electron chi connectivity index (χ1n) is 5.76. The van der Waals surface area contributed by atoms with Gasteiger partial charge in [-0.25, -0.2) is 4.98 Å². The van der Waals surface area contributed by atoms with Crippen molar-refractivity contribution in [2.24, 2.45) is 5.10 Å². The van der Waals surface area contributed by atoms with Crippen molar-refractivity contribution in [3.63, 3.8) is 0 Å². The third-order valence-electron chi connectivity index (χ3n) is 2.53. The predicted molar refractivity (Wildman–Crippen MR) is 73.0 cm³/mol. The number of nitrogens with one attached hydrogen (secondary N) is 1. The van der Waals surface area contributed by atoms with Crippen molar-refractivity contribution in [3.8, 4) is 0 Å². The quantitative estimate of drug-likeness (QED) is 0.349. The lowest BCUT2D eigenvalue weighted by Gasteiger charge is -2.00. The number of imidazole rings is 1. The zero-order valence-corrected chi connectivity index (χ0v) is 11.2. The Balaban J connectivity index is 2.15. The second kappa shape index (κ2) is 7.91. The SMILES string of the molecule is [C-]#[N+]/N=C(\CC)CCCSCc1nc[nH]c1C. The van der Waals surface area contributed by atoms with Crippen LogP contribution < -0.4 is 0 Å². The molecule has 0 saturated carbocycles. The molecular formula is C12H18N4S. The summed E-state index contributed by atoms with van der Waals surface area (Å²) in [6.45, 7) is 10.8. The van der Waals surface area contributed by atoms with Crippen molar-refractivity contribution in [2.45, 2.75) is 38.9 Å². The monoisotopic (exact) mass is 250 g/mol.